The van der Waals surface area contributed by atoms with Gasteiger partial charge >= 0.3 is 5.69 Å². The van der Waals surface area contributed by atoms with Crippen LogP contribution in [0.25, 0.3) is 0 Å². The van der Waals surface area contributed by atoms with E-state index < -0.39 is 25.8 Å². The van der Waals surface area contributed by atoms with Gasteiger partial charge in [0.25, 0.3) is 5.56 Å². The summed E-state index contributed by atoms with van der Waals surface area (Å²) >= 11 is 5.73. The first-order chi connectivity index (χ1) is 11.5. The molecule has 1 aliphatic heterocycles. The molecule has 0 aromatic carbocycles. The lowest BCUT2D eigenvalue weighted by Crippen LogP contribution is -2.44. The number of rotatable bonds is 6. The Morgan fingerprint density at radius 3 is 2.64 bits per heavy atom. The van der Waals surface area contributed by atoms with E-state index in [0.29, 0.717) is 13.0 Å². The summed E-state index contributed by atoms with van der Waals surface area (Å²) in [4.78, 5) is 25.4. The van der Waals surface area contributed by atoms with E-state index in [4.69, 9.17) is 25.5 Å². The van der Waals surface area contributed by atoms with E-state index in [1.165, 1.54) is 16.8 Å². The Labute approximate surface area is 153 Å². The summed E-state index contributed by atoms with van der Waals surface area (Å²) in [5.74, 6) is 0. The number of nitrogens with one attached hydrogen (secondary N) is 1. The molecule has 0 unspecified atom stereocenters. The summed E-state index contributed by atoms with van der Waals surface area (Å²) in [6, 6.07) is 1.33. The summed E-state index contributed by atoms with van der Waals surface area (Å²) in [5, 5.41) is 0.0870. The van der Waals surface area contributed by atoms with Crippen molar-refractivity contribution >= 4 is 19.9 Å². The number of halogens is 1. The molecule has 0 amide bonds. The summed E-state index contributed by atoms with van der Waals surface area (Å²) < 4.78 is 19.2. The largest absolute Gasteiger partial charge is 0.414 e. The number of alkyl halides is 1. The monoisotopic (exact) mass is 390 g/mol. The van der Waals surface area contributed by atoms with Crippen molar-refractivity contribution in [1.82, 2.24) is 9.55 Å². The summed E-state index contributed by atoms with van der Waals surface area (Å²) in [5.41, 5.74) is -0.946. The van der Waals surface area contributed by atoms with Gasteiger partial charge in [-0.15, -0.1) is 0 Å². The van der Waals surface area contributed by atoms with Crippen LogP contribution in [0.2, 0.25) is 18.1 Å². The molecular weight excluding hydrogens is 364 g/mol. The first kappa shape index (κ1) is 20.4. The highest BCUT2D eigenvalue weighted by Crippen LogP contribution is 2.38. The SMILES string of the molecule is CC(C)(C)[Si](C)(C)OC[C@H]1O[C@@H](n2ccc(=O)[nH]c2=O)C[C@@H]1OCCl. The second-order valence-corrected chi connectivity index (χ2v) is 12.8. The molecule has 2 rings (SSSR count). The molecule has 0 aliphatic carbocycles. The number of ether oxygens (including phenoxy) is 2. The molecule has 1 fully saturated rings. The van der Waals surface area contributed by atoms with Gasteiger partial charge in [-0.1, -0.05) is 32.4 Å². The molecule has 3 atom stereocenters. The quantitative estimate of drug-likeness (QED) is 0.595. The van der Waals surface area contributed by atoms with Gasteiger partial charge in [0.15, 0.2) is 8.32 Å². The van der Waals surface area contributed by atoms with Crippen molar-refractivity contribution in [3.8, 4) is 0 Å². The van der Waals surface area contributed by atoms with Gasteiger partial charge in [-0.2, -0.15) is 0 Å². The average molecular weight is 391 g/mol. The molecule has 7 nitrogen and oxygen atoms in total. The van der Waals surface area contributed by atoms with Gasteiger partial charge in [-0.3, -0.25) is 14.3 Å². The minimum atomic E-state index is -1.93. The highest BCUT2D eigenvalue weighted by Gasteiger charge is 2.42. The zero-order valence-corrected chi connectivity index (χ0v) is 17.1. The van der Waals surface area contributed by atoms with Crippen LogP contribution in [0.1, 0.15) is 33.4 Å². The molecule has 0 bridgehead atoms. The van der Waals surface area contributed by atoms with Crippen LogP contribution >= 0.6 is 11.6 Å². The van der Waals surface area contributed by atoms with Crippen molar-refractivity contribution in [2.75, 3.05) is 12.7 Å². The van der Waals surface area contributed by atoms with E-state index in [9.17, 15) is 9.59 Å². The minimum absolute atomic E-state index is 0.0395. The summed E-state index contributed by atoms with van der Waals surface area (Å²) in [7, 11) is -1.93. The first-order valence-electron chi connectivity index (χ1n) is 8.33. The van der Waals surface area contributed by atoms with Crippen LogP contribution in [0.4, 0.5) is 0 Å². The highest BCUT2D eigenvalue weighted by atomic mass is 35.5. The number of hydrogen-bond acceptors (Lipinski definition) is 5. The highest BCUT2D eigenvalue weighted by molar-refractivity contribution is 6.74. The van der Waals surface area contributed by atoms with Gasteiger partial charge in [-0.05, 0) is 18.1 Å². The summed E-state index contributed by atoms with van der Waals surface area (Å²) in [6.45, 7) is 11.2. The molecule has 9 heteroatoms. The molecular formula is C16H27ClN2O5Si. The molecule has 0 radical (unpaired) electrons. The van der Waals surface area contributed by atoms with Crippen molar-refractivity contribution in [2.45, 2.75) is 63.8 Å². The topological polar surface area (TPSA) is 82.5 Å². The normalized spacial score (nSPS) is 24.6. The predicted octanol–water partition coefficient (Wildman–Crippen LogP) is 2.43. The lowest BCUT2D eigenvalue weighted by atomic mass is 10.2. The van der Waals surface area contributed by atoms with E-state index in [1.54, 1.807) is 0 Å². The van der Waals surface area contributed by atoms with E-state index in [2.05, 4.69) is 38.8 Å². The Balaban J connectivity index is 2.12. The summed E-state index contributed by atoms with van der Waals surface area (Å²) in [6.07, 6.45) is 0.776. The van der Waals surface area contributed by atoms with E-state index >= 15 is 0 Å². The Kier molecular flexibility index (Phi) is 6.32. The molecule has 2 heterocycles. The molecule has 142 valence electrons. The number of nitrogens with zero attached hydrogens (tertiary/aromatic N) is 1. The average Bonchev–Trinajstić information content (AvgIpc) is 2.87. The van der Waals surface area contributed by atoms with Crippen molar-refractivity contribution < 1.29 is 13.9 Å². The molecule has 1 aromatic heterocycles. The number of aromatic amines is 1. The Hall–Kier alpha value is -0.933. The van der Waals surface area contributed by atoms with Crippen molar-refractivity contribution in [2.24, 2.45) is 0 Å². The lowest BCUT2D eigenvalue weighted by Gasteiger charge is -2.37. The van der Waals surface area contributed by atoms with Crippen LogP contribution in [0, 0.1) is 0 Å². The second-order valence-electron chi connectivity index (χ2n) is 7.77. The fraction of sp³-hybridized carbons (Fsp3) is 0.750. The van der Waals surface area contributed by atoms with E-state index in [-0.39, 0.29) is 23.3 Å². The zero-order valence-electron chi connectivity index (χ0n) is 15.4. The van der Waals surface area contributed by atoms with Crippen LogP contribution in [0.5, 0.6) is 0 Å². The first-order valence-corrected chi connectivity index (χ1v) is 11.8. The Morgan fingerprint density at radius 2 is 2.08 bits per heavy atom. The Bertz CT molecular complexity index is 697. The predicted molar refractivity (Wildman–Crippen MR) is 98.6 cm³/mol. The minimum Gasteiger partial charge on any atom is -0.414 e. The molecule has 0 spiro atoms. The third kappa shape index (κ3) is 4.82. The third-order valence-corrected chi connectivity index (χ3v) is 9.66. The van der Waals surface area contributed by atoms with Gasteiger partial charge in [0.05, 0.1) is 12.7 Å². The van der Waals surface area contributed by atoms with Crippen molar-refractivity contribution in [3.63, 3.8) is 0 Å². The van der Waals surface area contributed by atoms with Crippen LogP contribution in [0.15, 0.2) is 21.9 Å². The molecule has 1 N–H and O–H groups in total. The van der Waals surface area contributed by atoms with Crippen LogP contribution in [-0.2, 0) is 13.9 Å². The van der Waals surface area contributed by atoms with Gasteiger partial charge < -0.3 is 13.9 Å². The molecule has 1 saturated heterocycles. The molecule has 25 heavy (non-hydrogen) atoms. The maximum atomic E-state index is 12.0. The molecule has 0 saturated carbocycles. The van der Waals surface area contributed by atoms with E-state index in [0.717, 1.165) is 0 Å². The van der Waals surface area contributed by atoms with Crippen molar-refractivity contribution in [3.05, 3.63) is 33.1 Å². The molecule has 1 aliphatic rings. The Morgan fingerprint density at radius 1 is 1.40 bits per heavy atom. The standard InChI is InChI=1S/C16H27ClN2O5Si/c1-16(2,3)25(4,5)23-9-12-11(22-10-17)8-14(24-12)19-7-6-13(20)18-15(19)21/h6-7,11-12,14H,8-10H2,1-5H3,(H,18,20,21)/t11-,12+,14+/m0/s1. The van der Waals surface area contributed by atoms with Crippen molar-refractivity contribution in [1.29, 1.82) is 0 Å². The van der Waals surface area contributed by atoms with Gasteiger partial charge in [-0.25, -0.2) is 4.79 Å². The number of aromatic nitrogens is 2. The lowest BCUT2D eigenvalue weighted by molar-refractivity contribution is -0.0534. The second kappa shape index (κ2) is 7.75. The van der Waals surface area contributed by atoms with Crippen LogP contribution < -0.4 is 11.2 Å². The van der Waals surface area contributed by atoms with Gasteiger partial charge in [0.1, 0.15) is 18.4 Å². The number of hydrogen-bond donors (Lipinski definition) is 1. The van der Waals surface area contributed by atoms with Crippen LogP contribution in [-0.4, -0.2) is 42.7 Å². The fourth-order valence-electron chi connectivity index (χ4n) is 2.44. The fourth-order valence-corrected chi connectivity index (χ4v) is 3.61. The van der Waals surface area contributed by atoms with Gasteiger partial charge in [0.2, 0.25) is 0 Å². The number of H-pyrrole nitrogens is 1. The molecule has 1 aromatic rings. The van der Waals surface area contributed by atoms with E-state index in [1.807, 2.05) is 0 Å². The smallest absolute Gasteiger partial charge is 0.330 e. The maximum absolute atomic E-state index is 12.0. The zero-order chi connectivity index (χ0) is 18.8. The maximum Gasteiger partial charge on any atom is 0.330 e. The third-order valence-electron chi connectivity index (χ3n) is 5.03. The van der Waals surface area contributed by atoms with Crippen LogP contribution in [0.3, 0.4) is 0 Å². The van der Waals surface area contributed by atoms with Gasteiger partial charge in [0, 0.05) is 18.7 Å².